The van der Waals surface area contributed by atoms with Crippen LogP contribution in [0.3, 0.4) is 0 Å². The van der Waals surface area contributed by atoms with E-state index in [2.05, 4.69) is 0 Å². The molecule has 11 heteroatoms. The molecule has 0 aromatic heterocycles. The van der Waals surface area contributed by atoms with E-state index in [0.29, 0.717) is 0 Å². The molecule has 0 aliphatic carbocycles. The summed E-state index contributed by atoms with van der Waals surface area (Å²) in [6.07, 6.45) is 0. The molecule has 15 heavy (non-hydrogen) atoms. The fraction of sp³-hybridized carbons (Fsp3) is 1.00. The molecule has 0 aromatic carbocycles. The smallest absolute Gasteiger partial charge is 0.286 e. The van der Waals surface area contributed by atoms with Gasteiger partial charge in [0.2, 0.25) is 0 Å². The predicted octanol–water partition coefficient (Wildman–Crippen LogP) is -2.85. The summed E-state index contributed by atoms with van der Waals surface area (Å²) in [4.78, 5) is 0. The Balaban J connectivity index is 0. The molecule has 0 bridgehead atoms. The Bertz CT molecular complexity index is 311. The van der Waals surface area contributed by atoms with Gasteiger partial charge in [0.1, 0.15) is 0 Å². The topological polar surface area (TPSA) is 109 Å². The molecule has 2 N–H and O–H groups in total. The van der Waals surface area contributed by atoms with E-state index < -0.39 is 20.2 Å². The van der Waals surface area contributed by atoms with E-state index in [1.807, 2.05) is 0 Å². The third kappa shape index (κ3) is 18.7. The second-order valence-electron chi connectivity index (χ2n) is 2.22. The van der Waals surface area contributed by atoms with Crippen LogP contribution in [0.25, 0.3) is 0 Å². The molecule has 0 rings (SSSR count). The molecule has 86 valence electrons. The van der Waals surface area contributed by atoms with Crippen LogP contribution in [0.2, 0.25) is 0 Å². The van der Waals surface area contributed by atoms with Crippen LogP contribution in [0, 0.1) is 0 Å². The summed E-state index contributed by atoms with van der Waals surface area (Å²) in [6, 6.07) is 0. The minimum atomic E-state index is -3.94. The van der Waals surface area contributed by atoms with Gasteiger partial charge in [-0.1, -0.05) is 21.6 Å². The average molecular weight is 321 g/mol. The molecule has 0 heterocycles. The number of hydrogen-bond donors (Lipinski definition) is 2. The van der Waals surface area contributed by atoms with E-state index in [4.69, 9.17) is 9.11 Å². The van der Waals surface area contributed by atoms with Crippen LogP contribution >= 0.6 is 21.6 Å². The van der Waals surface area contributed by atoms with Gasteiger partial charge in [-0.15, -0.1) is 0 Å². The van der Waals surface area contributed by atoms with Crippen molar-refractivity contribution < 1.29 is 77.3 Å². The van der Waals surface area contributed by atoms with Crippen molar-refractivity contribution in [1.82, 2.24) is 0 Å². The Morgan fingerprint density at radius 2 is 1.07 bits per heavy atom. The second-order valence-corrected chi connectivity index (χ2v) is 8.06. The van der Waals surface area contributed by atoms with E-state index >= 15 is 0 Å². The van der Waals surface area contributed by atoms with Crippen molar-refractivity contribution in [2.24, 2.45) is 0 Å². The van der Waals surface area contributed by atoms with Gasteiger partial charge < -0.3 is 0 Å². The Morgan fingerprint density at radius 3 is 1.27 bits per heavy atom. The van der Waals surface area contributed by atoms with Crippen LogP contribution in [-0.2, 0) is 20.2 Å². The number of rotatable bonds is 7. The second kappa shape index (κ2) is 9.14. The molecule has 0 amide bonds. The Morgan fingerprint density at radius 1 is 0.800 bits per heavy atom. The van der Waals surface area contributed by atoms with Crippen molar-refractivity contribution >= 4 is 41.8 Å². The van der Waals surface area contributed by atoms with Crippen molar-refractivity contribution in [3.8, 4) is 0 Å². The predicted molar refractivity (Wildman–Crippen MR) is 57.7 cm³/mol. The molecule has 0 spiro atoms. The summed E-state index contributed by atoms with van der Waals surface area (Å²) >= 11 is 0. The van der Waals surface area contributed by atoms with Crippen LogP contribution < -0.4 is 51.4 Å². The molecular formula is C4H10KO6S4+. The molecule has 0 fully saturated rings. The third-order valence-electron chi connectivity index (χ3n) is 0.933. The quantitative estimate of drug-likeness (QED) is 0.223. The van der Waals surface area contributed by atoms with Crippen molar-refractivity contribution in [2.75, 3.05) is 23.0 Å². The molecule has 6 nitrogen and oxygen atoms in total. The van der Waals surface area contributed by atoms with Crippen molar-refractivity contribution in [3.63, 3.8) is 0 Å². The van der Waals surface area contributed by atoms with Crippen LogP contribution in [-0.4, -0.2) is 49.0 Å². The Kier molecular flexibility index (Phi) is 11.9. The molecule has 0 saturated carbocycles. The summed E-state index contributed by atoms with van der Waals surface area (Å²) in [5.41, 5.74) is 0. The van der Waals surface area contributed by atoms with E-state index in [-0.39, 0.29) is 74.4 Å². The van der Waals surface area contributed by atoms with Gasteiger partial charge >= 0.3 is 51.4 Å². The average Bonchev–Trinajstić information content (AvgIpc) is 1.92. The molecule has 0 aliphatic rings. The fourth-order valence-electron chi connectivity index (χ4n) is 0.397. The maximum Gasteiger partial charge on any atom is 1.00 e. The normalized spacial score (nSPS) is 12.1. The van der Waals surface area contributed by atoms with Crippen LogP contribution in [0.15, 0.2) is 0 Å². The van der Waals surface area contributed by atoms with Crippen LogP contribution in [0.5, 0.6) is 0 Å². The van der Waals surface area contributed by atoms with Gasteiger partial charge in [-0.25, -0.2) is 0 Å². The van der Waals surface area contributed by atoms with E-state index in [9.17, 15) is 16.8 Å². The number of hydrogen-bond acceptors (Lipinski definition) is 6. The van der Waals surface area contributed by atoms with E-state index in [1.54, 1.807) is 0 Å². The summed E-state index contributed by atoms with van der Waals surface area (Å²) in [5, 5.41) is 0. The molecule has 0 atom stereocenters. The van der Waals surface area contributed by atoms with Crippen molar-refractivity contribution in [1.29, 1.82) is 0 Å². The van der Waals surface area contributed by atoms with Gasteiger partial charge in [-0.3, -0.25) is 9.11 Å². The SMILES string of the molecule is O=S(=O)(O)CCSSCCS(=O)(=O)O.[K+]. The first kappa shape index (κ1) is 19.5. The zero-order valence-corrected chi connectivity index (χ0v) is 14.4. The summed E-state index contributed by atoms with van der Waals surface area (Å²) < 4.78 is 57.5. The zero-order chi connectivity index (χ0) is 11.2. The monoisotopic (exact) mass is 321 g/mol. The van der Waals surface area contributed by atoms with Crippen molar-refractivity contribution in [3.05, 3.63) is 0 Å². The van der Waals surface area contributed by atoms with E-state index in [0.717, 1.165) is 21.6 Å². The minimum Gasteiger partial charge on any atom is -0.286 e. The minimum absolute atomic E-state index is 0. The van der Waals surface area contributed by atoms with E-state index in [1.165, 1.54) is 0 Å². The maximum absolute atomic E-state index is 10.2. The molecule has 0 aliphatic heterocycles. The Hall–Kier alpha value is 2.16. The van der Waals surface area contributed by atoms with Gasteiger partial charge in [0, 0.05) is 11.5 Å². The Labute approximate surface area is 140 Å². The molecule has 0 unspecified atom stereocenters. The van der Waals surface area contributed by atoms with Gasteiger partial charge in [0.15, 0.2) is 0 Å². The first-order valence-electron chi connectivity index (χ1n) is 3.35. The largest absolute Gasteiger partial charge is 1.00 e. The van der Waals surface area contributed by atoms with Gasteiger partial charge in [0.05, 0.1) is 11.5 Å². The molecule has 0 saturated heterocycles. The van der Waals surface area contributed by atoms with Gasteiger partial charge in [-0.05, 0) is 0 Å². The zero-order valence-electron chi connectivity index (χ0n) is 7.99. The first-order valence-corrected chi connectivity index (χ1v) is 9.06. The van der Waals surface area contributed by atoms with Gasteiger partial charge in [-0.2, -0.15) is 16.8 Å². The van der Waals surface area contributed by atoms with Gasteiger partial charge in [0.25, 0.3) is 20.2 Å². The summed E-state index contributed by atoms with van der Waals surface area (Å²) in [5.74, 6) is -0.378. The standard InChI is InChI=1S/C4H10O6S4.K/c5-13(6,7)3-1-11-12-2-4-14(8,9)10;/h1-4H2,(H,5,6,7)(H,8,9,10);/q;+1. The summed E-state index contributed by atoms with van der Waals surface area (Å²) in [7, 11) is -5.64. The first-order chi connectivity index (χ1) is 6.21. The summed E-state index contributed by atoms with van der Waals surface area (Å²) in [6.45, 7) is 0. The maximum atomic E-state index is 10.2. The van der Waals surface area contributed by atoms with Crippen LogP contribution in [0.4, 0.5) is 0 Å². The third-order valence-corrected chi connectivity index (χ3v) is 5.30. The van der Waals surface area contributed by atoms with Crippen molar-refractivity contribution in [2.45, 2.75) is 0 Å². The fourth-order valence-corrected chi connectivity index (χ4v) is 4.79. The molecule has 0 radical (unpaired) electrons. The molecular weight excluding hydrogens is 311 g/mol. The molecule has 0 aromatic rings. The van der Waals surface area contributed by atoms with Crippen LogP contribution in [0.1, 0.15) is 0 Å².